The van der Waals surface area contributed by atoms with Crippen LogP contribution in [0.1, 0.15) is 24.0 Å². The van der Waals surface area contributed by atoms with Gasteiger partial charge in [-0.2, -0.15) is 0 Å². The average Bonchev–Trinajstić information content (AvgIpc) is 3.01. The summed E-state index contributed by atoms with van der Waals surface area (Å²) < 4.78 is 55.9. The number of nitrogens with one attached hydrogen (secondary N) is 1. The van der Waals surface area contributed by atoms with Gasteiger partial charge in [0.25, 0.3) is 0 Å². The summed E-state index contributed by atoms with van der Waals surface area (Å²) in [7, 11) is -4.03. The van der Waals surface area contributed by atoms with Crippen LogP contribution in [0.15, 0.2) is 60.7 Å². The van der Waals surface area contributed by atoms with Crippen LogP contribution >= 0.6 is 23.2 Å². The number of hydrogen-bond donors (Lipinski definition) is 3. The zero-order valence-corrected chi connectivity index (χ0v) is 28.4. The summed E-state index contributed by atoms with van der Waals surface area (Å²) in [5.74, 6) is 0.533. The smallest absolute Gasteiger partial charge is 0.218 e. The molecule has 0 amide bonds. The molecular formula is C31H35Cl2N5O6S2. The summed E-state index contributed by atoms with van der Waals surface area (Å²) in [5, 5.41) is 14.1. The standard InChI is InChI=1S/C31H35Cl2N5O6S2/c1-43-30-20(7-3-4-17-45(34,39)40)12-14-26(37-30)24-10-5-8-22(28(24)32)23-9-6-11-25(29(23)33)27-15-13-21(31(38-27)44-2)19-36-16-18-46(35,41)42/h5-6,8-15,36H,3-4,7,16-19H2,1-2H3,(H2,34,39,40)(H2,35,41,42). The van der Waals surface area contributed by atoms with E-state index in [1.54, 1.807) is 0 Å². The second-order valence-electron chi connectivity index (χ2n) is 10.4. The van der Waals surface area contributed by atoms with Gasteiger partial charge >= 0.3 is 0 Å². The Morgan fingerprint density at radius 2 is 1.15 bits per heavy atom. The molecule has 46 heavy (non-hydrogen) atoms. The quantitative estimate of drug-likeness (QED) is 0.147. The number of aryl methyl sites for hydroxylation is 1. The molecule has 2 aromatic heterocycles. The molecule has 0 saturated carbocycles. The third kappa shape index (κ3) is 9.38. The van der Waals surface area contributed by atoms with Crippen LogP contribution in [-0.2, 0) is 33.0 Å². The Labute approximate surface area is 279 Å². The minimum Gasteiger partial charge on any atom is -0.481 e. The van der Waals surface area contributed by atoms with Crippen LogP contribution in [-0.4, -0.2) is 59.1 Å². The second kappa shape index (κ2) is 15.5. The number of halogens is 2. The molecule has 0 fully saturated rings. The lowest BCUT2D eigenvalue weighted by Gasteiger charge is -2.15. The van der Waals surface area contributed by atoms with Gasteiger partial charge in [0.15, 0.2) is 0 Å². The van der Waals surface area contributed by atoms with Gasteiger partial charge < -0.3 is 14.8 Å². The largest absolute Gasteiger partial charge is 0.481 e. The maximum atomic E-state index is 11.2. The molecule has 0 unspecified atom stereocenters. The van der Waals surface area contributed by atoms with Crippen molar-refractivity contribution in [3.63, 3.8) is 0 Å². The van der Waals surface area contributed by atoms with Crippen molar-refractivity contribution >= 4 is 43.2 Å². The van der Waals surface area contributed by atoms with Crippen molar-refractivity contribution in [1.29, 1.82) is 0 Å². The van der Waals surface area contributed by atoms with Gasteiger partial charge in [0.05, 0.1) is 47.2 Å². The first-order valence-corrected chi connectivity index (χ1v) is 18.4. The first kappa shape index (κ1) is 35.6. The number of nitrogens with two attached hydrogens (primary N) is 2. The van der Waals surface area contributed by atoms with E-state index in [9.17, 15) is 16.8 Å². The highest BCUT2D eigenvalue weighted by Crippen LogP contribution is 2.42. The van der Waals surface area contributed by atoms with Gasteiger partial charge in [-0.05, 0) is 31.4 Å². The molecule has 4 aromatic rings. The minimum atomic E-state index is -3.56. The Morgan fingerprint density at radius 1 is 0.674 bits per heavy atom. The molecule has 0 bridgehead atoms. The summed E-state index contributed by atoms with van der Waals surface area (Å²) in [6.45, 7) is 0.522. The highest BCUT2D eigenvalue weighted by atomic mass is 35.5. The molecule has 4 rings (SSSR count). The predicted molar refractivity (Wildman–Crippen MR) is 182 cm³/mol. The monoisotopic (exact) mass is 707 g/mol. The van der Waals surface area contributed by atoms with Crippen molar-refractivity contribution < 1.29 is 26.3 Å². The Kier molecular flexibility index (Phi) is 12.0. The SMILES string of the molecule is COc1nc(-c2cccc(-c3cccc(-c4ccc(CNCCS(N)(=O)=O)c(OC)n4)c3Cl)c2Cl)ccc1CCCCS(N)(=O)=O. The molecule has 0 aliphatic carbocycles. The van der Waals surface area contributed by atoms with Crippen LogP contribution in [0.25, 0.3) is 33.6 Å². The Morgan fingerprint density at radius 3 is 1.65 bits per heavy atom. The van der Waals surface area contributed by atoms with E-state index in [0.717, 1.165) is 11.1 Å². The zero-order valence-electron chi connectivity index (χ0n) is 25.3. The molecule has 0 aliphatic rings. The van der Waals surface area contributed by atoms with Crippen molar-refractivity contribution in [2.75, 3.05) is 32.3 Å². The Bertz CT molecular complexity index is 1790. The summed E-state index contributed by atoms with van der Waals surface area (Å²) >= 11 is 14.0. The van der Waals surface area contributed by atoms with E-state index in [4.69, 9.17) is 47.9 Å². The van der Waals surface area contributed by atoms with Gasteiger partial charge in [-0.15, -0.1) is 0 Å². The number of aromatic nitrogens is 2. The average molecular weight is 709 g/mol. The number of benzene rings is 2. The number of pyridine rings is 2. The van der Waals surface area contributed by atoms with E-state index in [2.05, 4.69) is 10.3 Å². The molecule has 0 spiro atoms. The van der Waals surface area contributed by atoms with Gasteiger partial charge in [-0.25, -0.2) is 37.1 Å². The lowest BCUT2D eigenvalue weighted by molar-refractivity contribution is 0.391. The van der Waals surface area contributed by atoms with Crippen LogP contribution < -0.4 is 25.1 Å². The van der Waals surface area contributed by atoms with Crippen molar-refractivity contribution in [3.05, 3.63) is 81.8 Å². The van der Waals surface area contributed by atoms with Crippen LogP contribution in [0.2, 0.25) is 10.0 Å². The lowest BCUT2D eigenvalue weighted by Crippen LogP contribution is -2.27. The molecule has 11 nitrogen and oxygen atoms in total. The molecule has 0 atom stereocenters. The third-order valence-corrected chi connectivity index (χ3v) is 9.55. The Balaban J connectivity index is 1.60. The predicted octanol–water partition coefficient (Wildman–Crippen LogP) is 4.79. The van der Waals surface area contributed by atoms with Gasteiger partial charge in [0.2, 0.25) is 31.8 Å². The van der Waals surface area contributed by atoms with E-state index < -0.39 is 20.0 Å². The number of rotatable bonds is 15. The number of primary sulfonamides is 2. The summed E-state index contributed by atoms with van der Waals surface area (Å²) in [5.41, 5.74) is 5.50. The molecule has 0 saturated heterocycles. The van der Waals surface area contributed by atoms with Crippen molar-refractivity contribution in [2.45, 2.75) is 25.8 Å². The van der Waals surface area contributed by atoms with Crippen molar-refractivity contribution in [1.82, 2.24) is 15.3 Å². The van der Waals surface area contributed by atoms with E-state index in [1.165, 1.54) is 14.2 Å². The fourth-order valence-electron chi connectivity index (χ4n) is 4.85. The lowest BCUT2D eigenvalue weighted by atomic mass is 9.98. The third-order valence-electron chi connectivity index (χ3n) is 7.11. The molecule has 2 aromatic carbocycles. The summed E-state index contributed by atoms with van der Waals surface area (Å²) in [6, 6.07) is 18.6. The Hall–Kier alpha value is -3.30. The van der Waals surface area contributed by atoms with E-state index in [0.29, 0.717) is 81.3 Å². The van der Waals surface area contributed by atoms with E-state index >= 15 is 0 Å². The number of sulfonamides is 2. The maximum Gasteiger partial charge on any atom is 0.218 e. The molecule has 0 radical (unpaired) electrons. The molecule has 15 heteroatoms. The maximum absolute atomic E-state index is 11.2. The van der Waals surface area contributed by atoms with Gasteiger partial charge in [-0.1, -0.05) is 71.7 Å². The fourth-order valence-corrected chi connectivity index (χ4v) is 6.53. The van der Waals surface area contributed by atoms with Crippen LogP contribution in [0, 0.1) is 0 Å². The first-order valence-electron chi connectivity index (χ1n) is 14.2. The highest BCUT2D eigenvalue weighted by Gasteiger charge is 2.18. The second-order valence-corrected chi connectivity index (χ2v) is 14.7. The fraction of sp³-hybridized carbons (Fsp3) is 0.290. The summed E-state index contributed by atoms with van der Waals surface area (Å²) in [4.78, 5) is 9.35. The van der Waals surface area contributed by atoms with Crippen molar-refractivity contribution in [3.8, 4) is 45.4 Å². The molecule has 5 N–H and O–H groups in total. The number of unbranched alkanes of at least 4 members (excludes halogenated alkanes) is 1. The van der Waals surface area contributed by atoms with Crippen molar-refractivity contribution in [2.24, 2.45) is 10.3 Å². The van der Waals surface area contributed by atoms with E-state index in [1.807, 2.05) is 60.7 Å². The molecule has 2 heterocycles. The number of ether oxygens (including phenoxy) is 2. The number of nitrogens with zero attached hydrogens (tertiary/aromatic N) is 2. The van der Waals surface area contributed by atoms with Crippen LogP contribution in [0.4, 0.5) is 0 Å². The minimum absolute atomic E-state index is 0.0785. The van der Waals surface area contributed by atoms with Gasteiger partial charge in [0, 0.05) is 46.5 Å². The van der Waals surface area contributed by atoms with E-state index in [-0.39, 0.29) is 18.1 Å². The molecule has 0 aliphatic heterocycles. The zero-order chi connectivity index (χ0) is 33.5. The molecule has 246 valence electrons. The van der Waals surface area contributed by atoms with Crippen LogP contribution in [0.5, 0.6) is 11.8 Å². The number of hydrogen-bond acceptors (Lipinski definition) is 9. The molecular weight excluding hydrogens is 673 g/mol. The topological polar surface area (TPSA) is 177 Å². The van der Waals surface area contributed by atoms with Gasteiger partial charge in [0.1, 0.15) is 0 Å². The van der Waals surface area contributed by atoms with Crippen LogP contribution in [0.3, 0.4) is 0 Å². The number of methoxy groups -OCH3 is 2. The highest BCUT2D eigenvalue weighted by molar-refractivity contribution is 7.89. The summed E-state index contributed by atoms with van der Waals surface area (Å²) in [6.07, 6.45) is 1.63. The van der Waals surface area contributed by atoms with Gasteiger partial charge in [-0.3, -0.25) is 0 Å². The normalized spacial score (nSPS) is 11.9. The first-order chi connectivity index (χ1) is 21.8.